The molecule has 110 valence electrons. The molecule has 0 aliphatic carbocycles. The van der Waals surface area contributed by atoms with Gasteiger partial charge in [0.25, 0.3) is 0 Å². The van der Waals surface area contributed by atoms with E-state index in [0.717, 1.165) is 0 Å². The first-order valence-electron chi connectivity index (χ1n) is 6.11. The number of nitrogens with zero attached hydrogens (tertiary/aromatic N) is 2. The number of imide groups is 1. The number of hydrogen-bond donors (Lipinski definition) is 3. The summed E-state index contributed by atoms with van der Waals surface area (Å²) in [4.78, 5) is 49.1. The van der Waals surface area contributed by atoms with Gasteiger partial charge >= 0.3 is 5.97 Å². The molecule has 0 radical (unpaired) electrons. The molecule has 2 rings (SSSR count). The van der Waals surface area contributed by atoms with Gasteiger partial charge in [-0.2, -0.15) is 0 Å². The number of piperazine rings is 2. The van der Waals surface area contributed by atoms with Gasteiger partial charge in [0.1, 0.15) is 11.6 Å². The van der Waals surface area contributed by atoms with Crippen LogP contribution in [-0.4, -0.2) is 76.4 Å². The number of nitrogens with two attached hydrogens (primary N) is 1. The highest BCUT2D eigenvalue weighted by Gasteiger charge is 2.56. The summed E-state index contributed by atoms with van der Waals surface area (Å²) in [5.41, 5.74) is 3.94. The van der Waals surface area contributed by atoms with Gasteiger partial charge in [0.05, 0.1) is 13.1 Å². The lowest BCUT2D eigenvalue weighted by Gasteiger charge is -2.52. The molecule has 0 spiro atoms. The van der Waals surface area contributed by atoms with Crippen LogP contribution in [0.15, 0.2) is 0 Å². The summed E-state index contributed by atoms with van der Waals surface area (Å²) in [6.45, 7) is 1.58. The second-order valence-corrected chi connectivity index (χ2v) is 5.11. The van der Waals surface area contributed by atoms with Crippen LogP contribution in [-0.2, 0) is 19.2 Å². The van der Waals surface area contributed by atoms with E-state index in [1.54, 1.807) is 4.90 Å². The Balaban J connectivity index is 2.39. The molecule has 2 heterocycles. The average Bonchev–Trinajstić information content (AvgIpc) is 2.31. The molecule has 2 atom stereocenters. The molecule has 2 aliphatic heterocycles. The molecule has 4 N–H and O–H groups in total. The summed E-state index contributed by atoms with van der Waals surface area (Å²) in [5, 5.41) is 11.1. The van der Waals surface area contributed by atoms with Gasteiger partial charge in [0, 0.05) is 13.1 Å². The number of hydrogen-bond acceptors (Lipinski definition) is 6. The Morgan fingerprint density at radius 3 is 2.65 bits per heavy atom. The van der Waals surface area contributed by atoms with E-state index in [1.165, 1.54) is 11.8 Å². The molecule has 20 heavy (non-hydrogen) atoms. The maximum Gasteiger partial charge on any atom is 0.317 e. The molecule has 0 saturated carbocycles. The lowest BCUT2D eigenvalue weighted by atomic mass is 9.83. The molecule has 9 nitrogen and oxygen atoms in total. The third-order valence-electron chi connectivity index (χ3n) is 3.89. The van der Waals surface area contributed by atoms with Crippen LogP contribution in [0.3, 0.4) is 0 Å². The third-order valence-corrected chi connectivity index (χ3v) is 3.89. The van der Waals surface area contributed by atoms with Gasteiger partial charge in [0.2, 0.25) is 17.7 Å². The smallest absolute Gasteiger partial charge is 0.317 e. The quantitative estimate of drug-likeness (QED) is 0.469. The molecule has 2 fully saturated rings. The Bertz CT molecular complexity index is 493. The van der Waals surface area contributed by atoms with Gasteiger partial charge < -0.3 is 10.8 Å². The van der Waals surface area contributed by atoms with Gasteiger partial charge in [-0.1, -0.05) is 0 Å². The molecule has 0 aromatic heterocycles. The summed E-state index contributed by atoms with van der Waals surface area (Å²) in [5.74, 6) is -2.97. The molecule has 3 amide bonds. The van der Waals surface area contributed by atoms with Crippen LogP contribution in [0.2, 0.25) is 0 Å². The minimum absolute atomic E-state index is 0.0137. The lowest BCUT2D eigenvalue weighted by Crippen LogP contribution is -2.78. The molecule has 0 aromatic carbocycles. The van der Waals surface area contributed by atoms with E-state index < -0.39 is 41.8 Å². The number of amides is 3. The van der Waals surface area contributed by atoms with E-state index in [1.807, 2.05) is 0 Å². The standard InChI is InChI=1S/C11H16N4O5/c1-11(10(12)20)8-9(19)13-6(16)4-14(8)2-3-15(11)5-7(17)18/h8H,2-5H2,1H3,(H2,12,20)(H,17,18)(H,13,16,19). The van der Waals surface area contributed by atoms with Gasteiger partial charge in [-0.25, -0.2) is 0 Å². The summed E-state index contributed by atoms with van der Waals surface area (Å²) >= 11 is 0. The van der Waals surface area contributed by atoms with E-state index in [0.29, 0.717) is 6.54 Å². The van der Waals surface area contributed by atoms with Crippen molar-refractivity contribution in [1.29, 1.82) is 0 Å². The normalized spacial score (nSPS) is 31.6. The predicted molar refractivity (Wildman–Crippen MR) is 65.3 cm³/mol. The second-order valence-electron chi connectivity index (χ2n) is 5.11. The number of carbonyl (C=O) groups is 4. The van der Waals surface area contributed by atoms with Gasteiger partial charge in [-0.15, -0.1) is 0 Å². The number of rotatable bonds is 3. The largest absolute Gasteiger partial charge is 0.480 e. The summed E-state index contributed by atoms with van der Waals surface area (Å²) in [6.07, 6.45) is 0. The second kappa shape index (κ2) is 4.84. The molecule has 0 bridgehead atoms. The number of carboxylic acids is 1. The zero-order valence-electron chi connectivity index (χ0n) is 11.0. The van der Waals surface area contributed by atoms with Crippen LogP contribution in [0.4, 0.5) is 0 Å². The van der Waals surface area contributed by atoms with Crippen LogP contribution in [0, 0.1) is 0 Å². The van der Waals surface area contributed by atoms with Crippen molar-refractivity contribution >= 4 is 23.7 Å². The zero-order chi connectivity index (χ0) is 15.1. The highest BCUT2D eigenvalue weighted by Crippen LogP contribution is 2.29. The Morgan fingerprint density at radius 2 is 2.10 bits per heavy atom. The van der Waals surface area contributed by atoms with Crippen molar-refractivity contribution in [2.24, 2.45) is 5.73 Å². The molecule has 0 aromatic rings. The minimum atomic E-state index is -1.47. The van der Waals surface area contributed by atoms with Gasteiger partial charge in [0.15, 0.2) is 0 Å². The fourth-order valence-electron chi connectivity index (χ4n) is 2.86. The summed E-state index contributed by atoms with van der Waals surface area (Å²) in [6, 6.07) is -0.967. The van der Waals surface area contributed by atoms with E-state index in [4.69, 9.17) is 10.8 Å². The first-order chi connectivity index (χ1) is 9.26. The van der Waals surface area contributed by atoms with Crippen molar-refractivity contribution in [3.63, 3.8) is 0 Å². The Labute approximate surface area is 114 Å². The number of nitrogens with one attached hydrogen (secondary N) is 1. The van der Waals surface area contributed by atoms with Crippen LogP contribution >= 0.6 is 0 Å². The van der Waals surface area contributed by atoms with Gasteiger partial charge in [-0.05, 0) is 6.92 Å². The predicted octanol–water partition coefficient (Wildman–Crippen LogP) is -3.04. The van der Waals surface area contributed by atoms with Crippen LogP contribution in [0.1, 0.15) is 6.92 Å². The van der Waals surface area contributed by atoms with E-state index >= 15 is 0 Å². The minimum Gasteiger partial charge on any atom is -0.480 e. The van der Waals surface area contributed by atoms with Crippen molar-refractivity contribution in [3.8, 4) is 0 Å². The molecule has 2 unspecified atom stereocenters. The SMILES string of the molecule is CC1(C(N)=O)C2C(=O)NC(=O)CN2CCN1CC(=O)O. The molecule has 2 aliphatic rings. The summed E-state index contributed by atoms with van der Waals surface area (Å²) < 4.78 is 0. The zero-order valence-corrected chi connectivity index (χ0v) is 11.0. The summed E-state index contributed by atoms with van der Waals surface area (Å²) in [7, 11) is 0. The number of fused-ring (bicyclic) bond motifs is 1. The van der Waals surface area contributed by atoms with Gasteiger partial charge in [-0.3, -0.25) is 34.3 Å². The Morgan fingerprint density at radius 1 is 1.45 bits per heavy atom. The monoisotopic (exact) mass is 284 g/mol. The highest BCUT2D eigenvalue weighted by molar-refractivity contribution is 6.05. The first-order valence-corrected chi connectivity index (χ1v) is 6.11. The van der Waals surface area contributed by atoms with E-state index in [2.05, 4.69) is 5.32 Å². The van der Waals surface area contributed by atoms with Crippen LogP contribution < -0.4 is 11.1 Å². The van der Waals surface area contributed by atoms with E-state index in [9.17, 15) is 19.2 Å². The van der Waals surface area contributed by atoms with Crippen LogP contribution in [0.25, 0.3) is 0 Å². The topological polar surface area (TPSA) is 133 Å². The Kier molecular flexibility index (Phi) is 3.48. The Hall–Kier alpha value is -2.00. The maximum absolute atomic E-state index is 12.0. The third kappa shape index (κ3) is 2.14. The van der Waals surface area contributed by atoms with Crippen LogP contribution in [0.5, 0.6) is 0 Å². The number of primary amides is 1. The number of aliphatic carboxylic acids is 1. The number of carbonyl (C=O) groups excluding carboxylic acids is 3. The van der Waals surface area contributed by atoms with Crippen molar-refractivity contribution in [2.75, 3.05) is 26.2 Å². The van der Waals surface area contributed by atoms with Crippen molar-refractivity contribution in [3.05, 3.63) is 0 Å². The fourth-order valence-corrected chi connectivity index (χ4v) is 2.86. The molecule has 2 saturated heterocycles. The molecule has 9 heteroatoms. The van der Waals surface area contributed by atoms with Crippen molar-refractivity contribution < 1.29 is 24.3 Å². The maximum atomic E-state index is 12.0. The number of carboxylic acid groups (broad SMARTS) is 1. The van der Waals surface area contributed by atoms with Crippen molar-refractivity contribution in [2.45, 2.75) is 18.5 Å². The molecular formula is C11H16N4O5. The lowest BCUT2D eigenvalue weighted by molar-refractivity contribution is -0.162. The first kappa shape index (κ1) is 14.4. The van der Waals surface area contributed by atoms with E-state index in [-0.39, 0.29) is 13.1 Å². The molecular weight excluding hydrogens is 268 g/mol. The highest BCUT2D eigenvalue weighted by atomic mass is 16.4. The van der Waals surface area contributed by atoms with Crippen molar-refractivity contribution in [1.82, 2.24) is 15.1 Å². The fraction of sp³-hybridized carbons (Fsp3) is 0.636. The average molecular weight is 284 g/mol.